The second kappa shape index (κ2) is 11.9. The molecule has 0 aliphatic rings. The van der Waals surface area contributed by atoms with Gasteiger partial charge in [-0.1, -0.05) is 69.2 Å². The van der Waals surface area contributed by atoms with Gasteiger partial charge in [-0.15, -0.1) is 0 Å². The SMILES string of the molecule is CC(C)C(=O)O.CC(C)C(=O)OCC(C)(C)C(OC(=O)C(C)C)C(C)C. The van der Waals surface area contributed by atoms with Gasteiger partial charge in [0.05, 0.1) is 24.4 Å². The second-order valence-corrected chi connectivity index (χ2v) is 8.50. The van der Waals surface area contributed by atoms with Crippen molar-refractivity contribution in [1.29, 1.82) is 0 Å². The average Bonchev–Trinajstić information content (AvgIpc) is 2.49. The van der Waals surface area contributed by atoms with Crippen LogP contribution in [0.25, 0.3) is 0 Å². The van der Waals surface area contributed by atoms with Gasteiger partial charge in [0, 0.05) is 5.41 Å². The van der Waals surface area contributed by atoms with Crippen LogP contribution in [0.4, 0.5) is 0 Å². The largest absolute Gasteiger partial charge is 0.481 e. The van der Waals surface area contributed by atoms with Crippen molar-refractivity contribution in [2.24, 2.45) is 29.1 Å². The molecule has 0 aromatic carbocycles. The molecule has 6 heteroatoms. The van der Waals surface area contributed by atoms with Crippen molar-refractivity contribution < 1.29 is 29.0 Å². The van der Waals surface area contributed by atoms with Crippen molar-refractivity contribution in [3.63, 3.8) is 0 Å². The number of aliphatic carboxylic acids is 1. The minimum atomic E-state index is -0.741. The molecule has 0 rings (SSSR count). The van der Waals surface area contributed by atoms with Gasteiger partial charge in [0.15, 0.2) is 0 Å². The average molecular weight is 375 g/mol. The first-order valence-electron chi connectivity index (χ1n) is 9.23. The zero-order valence-electron chi connectivity index (χ0n) is 18.1. The summed E-state index contributed by atoms with van der Waals surface area (Å²) >= 11 is 0. The number of rotatable bonds is 8. The molecule has 1 unspecified atom stereocenters. The van der Waals surface area contributed by atoms with Crippen LogP contribution < -0.4 is 0 Å². The highest BCUT2D eigenvalue weighted by molar-refractivity contribution is 5.72. The number of esters is 2. The predicted octanol–water partition coefficient (Wildman–Crippen LogP) is 4.16. The molecule has 0 saturated carbocycles. The fourth-order valence-electron chi connectivity index (χ4n) is 1.97. The zero-order valence-corrected chi connectivity index (χ0v) is 18.1. The van der Waals surface area contributed by atoms with Crippen molar-refractivity contribution in [3.05, 3.63) is 0 Å². The maximum atomic E-state index is 11.8. The Morgan fingerprint density at radius 3 is 1.46 bits per heavy atom. The molecule has 1 atom stereocenters. The topological polar surface area (TPSA) is 89.9 Å². The van der Waals surface area contributed by atoms with Gasteiger partial charge in [-0.05, 0) is 5.92 Å². The number of carboxylic acids is 1. The molecule has 1 N–H and O–H groups in total. The lowest BCUT2D eigenvalue weighted by atomic mass is 9.81. The normalized spacial score (nSPS) is 12.7. The first-order valence-corrected chi connectivity index (χ1v) is 9.23. The highest BCUT2D eigenvalue weighted by Gasteiger charge is 2.37. The Morgan fingerprint density at radius 1 is 0.808 bits per heavy atom. The van der Waals surface area contributed by atoms with Gasteiger partial charge in [-0.3, -0.25) is 14.4 Å². The summed E-state index contributed by atoms with van der Waals surface area (Å²) < 4.78 is 10.9. The van der Waals surface area contributed by atoms with Gasteiger partial charge in [-0.2, -0.15) is 0 Å². The molecule has 0 spiro atoms. The Kier molecular flexibility index (Phi) is 12.2. The van der Waals surface area contributed by atoms with E-state index in [0.717, 1.165) is 0 Å². The number of ether oxygens (including phenoxy) is 2. The van der Waals surface area contributed by atoms with Crippen LogP contribution >= 0.6 is 0 Å². The van der Waals surface area contributed by atoms with Crippen LogP contribution in [0.3, 0.4) is 0 Å². The third kappa shape index (κ3) is 11.1. The van der Waals surface area contributed by atoms with E-state index in [-0.39, 0.29) is 48.3 Å². The van der Waals surface area contributed by atoms with Gasteiger partial charge < -0.3 is 14.6 Å². The van der Waals surface area contributed by atoms with E-state index in [4.69, 9.17) is 14.6 Å². The Balaban J connectivity index is 0. The molecule has 0 aliphatic heterocycles. The monoisotopic (exact) mass is 374 g/mol. The summed E-state index contributed by atoms with van der Waals surface area (Å²) in [5.74, 6) is -1.57. The van der Waals surface area contributed by atoms with E-state index in [1.165, 1.54) is 0 Å². The standard InChI is InChI=1S/C16H30O4.C4H8O2/c1-10(2)13(20-15(18)12(5)6)16(7,8)9-19-14(17)11(3)4;1-3(2)4(5)6/h10-13H,9H2,1-8H3;3H,1-2H3,(H,5,6). The lowest BCUT2D eigenvalue weighted by Gasteiger charge is -2.36. The Labute approximate surface area is 158 Å². The molecule has 0 radical (unpaired) electrons. The van der Waals surface area contributed by atoms with Gasteiger partial charge in [0.25, 0.3) is 0 Å². The fourth-order valence-corrected chi connectivity index (χ4v) is 1.97. The van der Waals surface area contributed by atoms with E-state index in [1.54, 1.807) is 27.7 Å². The van der Waals surface area contributed by atoms with E-state index in [0.29, 0.717) is 0 Å². The number of carboxylic acid groups (broad SMARTS) is 1. The first-order chi connectivity index (χ1) is 11.6. The van der Waals surface area contributed by atoms with Crippen molar-refractivity contribution in [1.82, 2.24) is 0 Å². The van der Waals surface area contributed by atoms with E-state index in [2.05, 4.69) is 0 Å². The molecular weight excluding hydrogens is 336 g/mol. The van der Waals surface area contributed by atoms with Crippen LogP contribution in [0.15, 0.2) is 0 Å². The number of hydrogen-bond acceptors (Lipinski definition) is 5. The lowest BCUT2D eigenvalue weighted by Crippen LogP contribution is -2.42. The van der Waals surface area contributed by atoms with Gasteiger partial charge in [0.1, 0.15) is 6.10 Å². The molecule has 0 bridgehead atoms. The smallest absolute Gasteiger partial charge is 0.308 e. The highest BCUT2D eigenvalue weighted by atomic mass is 16.6. The van der Waals surface area contributed by atoms with Crippen molar-refractivity contribution in [2.45, 2.75) is 75.3 Å². The van der Waals surface area contributed by atoms with Gasteiger partial charge in [0.2, 0.25) is 0 Å². The molecule has 6 nitrogen and oxygen atoms in total. The van der Waals surface area contributed by atoms with Gasteiger partial charge >= 0.3 is 17.9 Å². The minimum absolute atomic E-state index is 0.151. The molecule has 0 aliphatic carbocycles. The molecule has 0 saturated heterocycles. The lowest BCUT2D eigenvalue weighted by molar-refractivity contribution is -0.169. The van der Waals surface area contributed by atoms with Crippen molar-refractivity contribution in [2.75, 3.05) is 6.61 Å². The zero-order chi connectivity index (χ0) is 21.2. The molecule has 0 aromatic heterocycles. The minimum Gasteiger partial charge on any atom is -0.481 e. The van der Waals surface area contributed by atoms with Crippen LogP contribution in [-0.2, 0) is 23.9 Å². The number of carbonyl (C=O) groups is 3. The van der Waals surface area contributed by atoms with Crippen molar-refractivity contribution in [3.8, 4) is 0 Å². The highest BCUT2D eigenvalue weighted by Crippen LogP contribution is 2.30. The van der Waals surface area contributed by atoms with E-state index >= 15 is 0 Å². The summed E-state index contributed by atoms with van der Waals surface area (Å²) in [6, 6.07) is 0. The van der Waals surface area contributed by atoms with Crippen LogP contribution in [0.2, 0.25) is 0 Å². The number of carbonyl (C=O) groups excluding carboxylic acids is 2. The summed E-state index contributed by atoms with van der Waals surface area (Å²) in [7, 11) is 0. The quantitative estimate of drug-likeness (QED) is 0.642. The summed E-state index contributed by atoms with van der Waals surface area (Å²) in [5.41, 5.74) is -0.413. The molecule has 0 amide bonds. The molecule has 0 fully saturated rings. The molecule has 0 aromatic rings. The molecular formula is C20H38O6. The molecule has 0 heterocycles. The molecule has 154 valence electrons. The Hall–Kier alpha value is -1.59. The first kappa shape index (κ1) is 26.6. The van der Waals surface area contributed by atoms with Crippen LogP contribution in [0.5, 0.6) is 0 Å². The third-order valence-electron chi connectivity index (χ3n) is 3.64. The van der Waals surface area contributed by atoms with E-state index in [9.17, 15) is 14.4 Å². The van der Waals surface area contributed by atoms with Crippen LogP contribution in [0.1, 0.15) is 69.2 Å². The third-order valence-corrected chi connectivity index (χ3v) is 3.64. The van der Waals surface area contributed by atoms with Gasteiger partial charge in [-0.25, -0.2) is 0 Å². The predicted molar refractivity (Wildman–Crippen MR) is 102 cm³/mol. The summed E-state index contributed by atoms with van der Waals surface area (Å²) in [6.07, 6.45) is -0.280. The van der Waals surface area contributed by atoms with Crippen LogP contribution in [-0.4, -0.2) is 35.7 Å². The van der Waals surface area contributed by atoms with Crippen LogP contribution in [0, 0.1) is 29.1 Å². The number of hydrogen-bond donors (Lipinski definition) is 1. The Morgan fingerprint density at radius 2 is 1.19 bits per heavy atom. The maximum absolute atomic E-state index is 11.8. The van der Waals surface area contributed by atoms with Crippen molar-refractivity contribution >= 4 is 17.9 Å². The molecule has 26 heavy (non-hydrogen) atoms. The maximum Gasteiger partial charge on any atom is 0.308 e. The van der Waals surface area contributed by atoms with E-state index < -0.39 is 11.4 Å². The fraction of sp³-hybridized carbons (Fsp3) is 0.850. The summed E-state index contributed by atoms with van der Waals surface area (Å²) in [4.78, 5) is 33.1. The summed E-state index contributed by atoms with van der Waals surface area (Å²) in [5, 5.41) is 7.99. The Bertz CT molecular complexity index is 449. The summed E-state index contributed by atoms with van der Waals surface area (Å²) in [6.45, 7) is 18.7. The van der Waals surface area contributed by atoms with E-state index in [1.807, 2.05) is 41.5 Å². The second-order valence-electron chi connectivity index (χ2n) is 8.50.